The number of fused-ring (bicyclic) bond motifs is 3. The molecule has 1 aliphatic rings. The van der Waals surface area contributed by atoms with E-state index in [9.17, 15) is 0 Å². The predicted molar refractivity (Wildman–Crippen MR) is 298 cm³/mol. The normalized spacial score (nSPS) is 14.5. The van der Waals surface area contributed by atoms with E-state index >= 15 is 0 Å². The maximum absolute atomic E-state index is 5.22. The molecule has 5 nitrogen and oxygen atoms in total. The molecule has 12 aromatic rings. The van der Waals surface area contributed by atoms with Gasteiger partial charge in [0.2, 0.25) is 0 Å². The van der Waals surface area contributed by atoms with Crippen LogP contribution in [-0.2, 0) is 0 Å². The van der Waals surface area contributed by atoms with Crippen LogP contribution in [0.2, 0.25) is 0 Å². The van der Waals surface area contributed by atoms with E-state index in [2.05, 4.69) is 236 Å². The van der Waals surface area contributed by atoms with Crippen molar-refractivity contribution < 1.29 is 0 Å². The number of hydrogen-bond donors (Lipinski definition) is 1. The highest BCUT2D eigenvalue weighted by Crippen LogP contribution is 2.43. The van der Waals surface area contributed by atoms with Gasteiger partial charge in [-0.2, -0.15) is 0 Å². The number of aromatic nitrogens is 3. The smallest absolute Gasteiger partial charge is 0.164 e. The van der Waals surface area contributed by atoms with Gasteiger partial charge in [-0.3, -0.25) is 0 Å². The van der Waals surface area contributed by atoms with Gasteiger partial charge in [0.25, 0.3) is 0 Å². The van der Waals surface area contributed by atoms with Crippen molar-refractivity contribution in [1.82, 2.24) is 20.3 Å². The SMILES string of the molecule is C1=C(c2ccc(-c3ccc(-c4ccc(-c5ccc(-c6nc(-c7ccccc7)nc(-c7ccc8ccccc8c7)n6)cc5)c5ccccc45)c4ccccc34)cc2)NC(c2ccccc2)[N-]C1c1ccccc1. The molecule has 0 saturated carbocycles. The molecule has 11 aromatic carbocycles. The van der Waals surface area contributed by atoms with E-state index in [0.717, 1.165) is 44.5 Å². The molecule has 2 unspecified atom stereocenters. The third-order valence-electron chi connectivity index (χ3n) is 14.0. The molecule has 340 valence electrons. The highest BCUT2D eigenvalue weighted by molar-refractivity contribution is 6.12. The van der Waals surface area contributed by atoms with E-state index in [0.29, 0.717) is 17.5 Å². The van der Waals surface area contributed by atoms with Gasteiger partial charge in [0.15, 0.2) is 17.5 Å². The predicted octanol–water partition coefficient (Wildman–Crippen LogP) is 17.1. The number of benzene rings is 11. The van der Waals surface area contributed by atoms with Crippen LogP contribution in [0.15, 0.2) is 261 Å². The van der Waals surface area contributed by atoms with E-state index in [1.165, 1.54) is 60.3 Å². The van der Waals surface area contributed by atoms with Gasteiger partial charge in [0, 0.05) is 22.4 Å². The average molecular weight is 921 g/mol. The van der Waals surface area contributed by atoms with Crippen molar-refractivity contribution in [3.8, 4) is 67.5 Å². The first-order valence-electron chi connectivity index (χ1n) is 24.5. The van der Waals surface area contributed by atoms with Crippen LogP contribution in [0.1, 0.15) is 28.9 Å². The maximum Gasteiger partial charge on any atom is 0.164 e. The fourth-order valence-corrected chi connectivity index (χ4v) is 10.3. The van der Waals surface area contributed by atoms with E-state index < -0.39 is 0 Å². The Morgan fingerprint density at radius 3 is 1.28 bits per heavy atom. The minimum atomic E-state index is -0.156. The molecule has 0 spiro atoms. The Hall–Kier alpha value is -9.29. The van der Waals surface area contributed by atoms with Gasteiger partial charge in [-0.25, -0.2) is 15.0 Å². The Morgan fingerprint density at radius 2 is 0.708 bits per heavy atom. The van der Waals surface area contributed by atoms with Gasteiger partial charge in [0.05, 0.1) is 0 Å². The molecule has 1 aliphatic heterocycles. The quantitative estimate of drug-likeness (QED) is 0.157. The third-order valence-corrected chi connectivity index (χ3v) is 14.0. The van der Waals surface area contributed by atoms with E-state index in [-0.39, 0.29) is 12.2 Å². The lowest BCUT2D eigenvalue weighted by Gasteiger charge is -2.45. The second kappa shape index (κ2) is 18.6. The summed E-state index contributed by atoms with van der Waals surface area (Å²) in [6.45, 7) is 0. The van der Waals surface area contributed by atoms with Gasteiger partial charge in [-0.15, -0.1) is 0 Å². The van der Waals surface area contributed by atoms with Crippen LogP contribution in [0.5, 0.6) is 0 Å². The molecule has 5 heteroatoms. The molecule has 1 aromatic heterocycles. The molecule has 2 atom stereocenters. The summed E-state index contributed by atoms with van der Waals surface area (Å²) in [7, 11) is 0. The molecule has 13 rings (SSSR count). The second-order valence-corrected chi connectivity index (χ2v) is 18.3. The summed E-state index contributed by atoms with van der Waals surface area (Å²) in [4.78, 5) is 15.1. The second-order valence-electron chi connectivity index (χ2n) is 18.3. The summed E-state index contributed by atoms with van der Waals surface area (Å²) >= 11 is 0. The minimum absolute atomic E-state index is 0.0623. The van der Waals surface area contributed by atoms with Gasteiger partial charge in [-0.05, 0) is 89.1 Å². The minimum Gasteiger partial charge on any atom is -0.629 e. The molecule has 0 amide bonds. The molecule has 72 heavy (non-hydrogen) atoms. The summed E-state index contributed by atoms with van der Waals surface area (Å²) in [5.41, 5.74) is 14.4. The van der Waals surface area contributed by atoms with Gasteiger partial charge < -0.3 is 10.6 Å². The lowest BCUT2D eigenvalue weighted by molar-refractivity contribution is 0.664. The highest BCUT2D eigenvalue weighted by atomic mass is 15.2. The van der Waals surface area contributed by atoms with Crippen molar-refractivity contribution in [3.63, 3.8) is 0 Å². The Morgan fingerprint density at radius 1 is 0.306 bits per heavy atom. The zero-order valence-corrected chi connectivity index (χ0v) is 39.3. The van der Waals surface area contributed by atoms with Crippen LogP contribution in [0.25, 0.3) is 111 Å². The molecule has 0 bridgehead atoms. The lowest BCUT2D eigenvalue weighted by Crippen LogP contribution is -2.25. The van der Waals surface area contributed by atoms with E-state index in [1.807, 2.05) is 30.3 Å². The van der Waals surface area contributed by atoms with Crippen LogP contribution in [0, 0.1) is 0 Å². The standard InChI is InChI=1S/C67H46N5/c1-4-17-47(18-5-1)62-43-63(69-64(68-62)49-19-6-2-7-20-49)48-33-29-45(30-34-48)54-38-40-60(58-26-14-12-24-56(54)58)61-41-39-55(57-25-13-15-27-59(57)61)46-31-35-51(36-32-46)66-70-65(50-21-8-3-9-22-50)71-67(72-66)53-37-28-44-16-10-11-23-52(44)42-53/h1-43,62,64,69H/q-1. The van der Waals surface area contributed by atoms with Crippen LogP contribution < -0.4 is 5.32 Å². The molecule has 2 heterocycles. The largest absolute Gasteiger partial charge is 0.629 e. The number of rotatable bonds is 9. The Kier molecular flexibility index (Phi) is 11.0. The first-order chi connectivity index (χ1) is 35.7. The first kappa shape index (κ1) is 42.8. The Bertz CT molecular complexity index is 3960. The summed E-state index contributed by atoms with van der Waals surface area (Å²) in [6, 6.07) is 90.2. The molecular formula is C67H46N5-. The van der Waals surface area contributed by atoms with E-state index in [1.54, 1.807) is 0 Å². The maximum atomic E-state index is 5.22. The van der Waals surface area contributed by atoms with Crippen molar-refractivity contribution in [1.29, 1.82) is 0 Å². The van der Waals surface area contributed by atoms with Crippen LogP contribution in [0.4, 0.5) is 0 Å². The van der Waals surface area contributed by atoms with Gasteiger partial charge in [0.1, 0.15) is 0 Å². The van der Waals surface area contributed by atoms with Crippen LogP contribution in [0.3, 0.4) is 0 Å². The number of nitrogens with zero attached hydrogens (tertiary/aromatic N) is 4. The molecular weight excluding hydrogens is 875 g/mol. The van der Waals surface area contributed by atoms with Crippen molar-refractivity contribution in [2.45, 2.75) is 12.2 Å². The van der Waals surface area contributed by atoms with Crippen molar-refractivity contribution in [3.05, 3.63) is 283 Å². The summed E-state index contributed by atoms with van der Waals surface area (Å²) in [6.07, 6.45) is 2.09. The lowest BCUT2D eigenvalue weighted by atomic mass is 9.88. The third kappa shape index (κ3) is 8.18. The fourth-order valence-electron chi connectivity index (χ4n) is 10.3. The number of hydrogen-bond acceptors (Lipinski definition) is 4. The van der Waals surface area contributed by atoms with E-state index in [4.69, 9.17) is 20.3 Å². The summed E-state index contributed by atoms with van der Waals surface area (Å²) in [5.74, 6) is 1.92. The van der Waals surface area contributed by atoms with Crippen molar-refractivity contribution >= 4 is 38.0 Å². The molecule has 0 fully saturated rings. The monoisotopic (exact) mass is 920 g/mol. The first-order valence-corrected chi connectivity index (χ1v) is 24.5. The van der Waals surface area contributed by atoms with Crippen molar-refractivity contribution in [2.24, 2.45) is 0 Å². The van der Waals surface area contributed by atoms with Gasteiger partial charge in [-0.1, -0.05) is 266 Å². The molecule has 0 saturated heterocycles. The van der Waals surface area contributed by atoms with Crippen molar-refractivity contribution in [2.75, 3.05) is 0 Å². The summed E-state index contributed by atoms with van der Waals surface area (Å²) < 4.78 is 0. The molecule has 0 aliphatic carbocycles. The zero-order valence-electron chi connectivity index (χ0n) is 39.3. The molecule has 1 N–H and O–H groups in total. The topological polar surface area (TPSA) is 64.8 Å². The summed E-state index contributed by atoms with van der Waals surface area (Å²) in [5, 5.41) is 16.1. The highest BCUT2D eigenvalue weighted by Gasteiger charge is 2.19. The number of nitrogens with one attached hydrogen (secondary N) is 1. The zero-order chi connectivity index (χ0) is 47.8. The average Bonchev–Trinajstić information content (AvgIpc) is 3.47. The Labute approximate surface area is 418 Å². The fraction of sp³-hybridized carbons (Fsp3) is 0.0299. The van der Waals surface area contributed by atoms with Gasteiger partial charge >= 0.3 is 0 Å². The Balaban J connectivity index is 0.822. The van der Waals surface area contributed by atoms with Crippen LogP contribution >= 0.6 is 0 Å². The van der Waals surface area contributed by atoms with Crippen LogP contribution in [-0.4, -0.2) is 15.0 Å². The molecule has 0 radical (unpaired) electrons.